The van der Waals surface area contributed by atoms with Gasteiger partial charge in [0.1, 0.15) is 0 Å². The summed E-state index contributed by atoms with van der Waals surface area (Å²) in [6.07, 6.45) is -0.481. The second-order valence-electron chi connectivity index (χ2n) is 6.03. The van der Waals surface area contributed by atoms with Crippen LogP contribution in [0.15, 0.2) is 54.6 Å². The van der Waals surface area contributed by atoms with Crippen LogP contribution in [0.4, 0.5) is 5.13 Å². The summed E-state index contributed by atoms with van der Waals surface area (Å²) in [4.78, 5) is 30.2. The van der Waals surface area contributed by atoms with E-state index in [1.165, 1.54) is 11.3 Å². The molecule has 0 aliphatic carbocycles. The first-order valence-corrected chi connectivity index (χ1v) is 9.06. The van der Waals surface area contributed by atoms with E-state index >= 15 is 0 Å². The fourth-order valence-corrected chi connectivity index (χ4v) is 3.82. The van der Waals surface area contributed by atoms with Crippen molar-refractivity contribution in [2.24, 2.45) is 0 Å². The van der Waals surface area contributed by atoms with Crippen LogP contribution < -0.4 is 5.32 Å². The molecule has 1 aromatic heterocycles. The predicted molar refractivity (Wildman–Crippen MR) is 100 cm³/mol. The van der Waals surface area contributed by atoms with Gasteiger partial charge >= 0.3 is 5.97 Å². The summed E-state index contributed by atoms with van der Waals surface area (Å²) in [5.74, 6) is -0.825. The second-order valence-corrected chi connectivity index (χ2v) is 7.24. The van der Waals surface area contributed by atoms with Crippen LogP contribution in [0.3, 0.4) is 0 Å². The molecule has 4 rings (SSSR count). The van der Waals surface area contributed by atoms with Crippen LogP contribution in [0, 0.1) is 6.92 Å². The van der Waals surface area contributed by atoms with Gasteiger partial charge in [-0.25, -0.2) is 9.78 Å². The Morgan fingerprint density at radius 1 is 1.15 bits per heavy atom. The molecule has 0 bridgehead atoms. The first-order chi connectivity index (χ1) is 12.6. The van der Waals surface area contributed by atoms with E-state index in [-0.39, 0.29) is 5.91 Å². The SMILES string of the molecule is Cc1sc(NC(=O)[C@@H]2Cc3ccccc3C(=O)O2)nc1-c1ccccc1. The molecule has 1 atom stereocenters. The number of hydrogen-bond donors (Lipinski definition) is 1. The fraction of sp³-hybridized carbons (Fsp3) is 0.150. The van der Waals surface area contributed by atoms with E-state index in [9.17, 15) is 9.59 Å². The van der Waals surface area contributed by atoms with Crippen LogP contribution in [-0.2, 0) is 16.0 Å². The summed E-state index contributed by atoms with van der Waals surface area (Å²) in [6, 6.07) is 17.0. The Bertz CT molecular complexity index is 982. The van der Waals surface area contributed by atoms with Crippen molar-refractivity contribution in [2.75, 3.05) is 5.32 Å². The Morgan fingerprint density at radius 2 is 1.88 bits per heavy atom. The summed E-state index contributed by atoms with van der Waals surface area (Å²) in [7, 11) is 0. The monoisotopic (exact) mass is 364 g/mol. The minimum absolute atomic E-state index is 0.360. The van der Waals surface area contributed by atoms with Crippen molar-refractivity contribution in [3.05, 3.63) is 70.6 Å². The standard InChI is InChI=1S/C20H16N2O3S/c1-12-17(13-7-3-2-4-8-13)21-20(26-12)22-18(23)16-11-14-9-5-6-10-15(14)19(24)25-16/h2-10,16H,11H2,1H3,(H,21,22,23)/t16-/m0/s1. The van der Waals surface area contributed by atoms with Gasteiger partial charge in [0.15, 0.2) is 11.2 Å². The summed E-state index contributed by atoms with van der Waals surface area (Å²) < 4.78 is 5.29. The number of benzene rings is 2. The Hall–Kier alpha value is -2.99. The lowest BCUT2D eigenvalue weighted by Crippen LogP contribution is -2.37. The quantitative estimate of drug-likeness (QED) is 0.717. The van der Waals surface area contributed by atoms with E-state index in [0.29, 0.717) is 17.1 Å². The number of cyclic esters (lactones) is 1. The lowest BCUT2D eigenvalue weighted by atomic mass is 9.98. The second kappa shape index (κ2) is 6.72. The molecule has 0 fully saturated rings. The number of carbonyl (C=O) groups is 2. The number of anilines is 1. The topological polar surface area (TPSA) is 68.3 Å². The predicted octanol–water partition coefficient (Wildman–Crippen LogP) is 3.84. The van der Waals surface area contributed by atoms with Crippen LogP contribution in [0.25, 0.3) is 11.3 Å². The van der Waals surface area contributed by atoms with Crippen molar-refractivity contribution in [1.29, 1.82) is 0 Å². The molecule has 1 aliphatic heterocycles. The maximum absolute atomic E-state index is 12.6. The summed E-state index contributed by atoms with van der Waals surface area (Å²) >= 11 is 1.40. The van der Waals surface area contributed by atoms with Gasteiger partial charge in [-0.2, -0.15) is 0 Å². The van der Waals surface area contributed by atoms with Crippen LogP contribution in [-0.4, -0.2) is 23.0 Å². The van der Waals surface area contributed by atoms with Gasteiger partial charge < -0.3 is 4.74 Å². The van der Waals surface area contributed by atoms with Gasteiger partial charge in [-0.3, -0.25) is 10.1 Å². The van der Waals surface area contributed by atoms with E-state index in [2.05, 4.69) is 10.3 Å². The fourth-order valence-electron chi connectivity index (χ4n) is 2.98. The third-order valence-corrected chi connectivity index (χ3v) is 5.14. The molecule has 0 spiro atoms. The normalized spacial score (nSPS) is 15.9. The van der Waals surface area contributed by atoms with Crippen LogP contribution in [0.5, 0.6) is 0 Å². The highest BCUT2D eigenvalue weighted by Gasteiger charge is 2.31. The maximum Gasteiger partial charge on any atom is 0.339 e. The van der Waals surface area contributed by atoms with Crippen molar-refractivity contribution in [3.63, 3.8) is 0 Å². The molecule has 0 saturated heterocycles. The molecular formula is C20H16N2O3S. The molecular weight excluding hydrogens is 348 g/mol. The first kappa shape index (κ1) is 16.5. The third kappa shape index (κ3) is 3.11. The number of esters is 1. The molecule has 130 valence electrons. The van der Waals surface area contributed by atoms with Crippen molar-refractivity contribution in [3.8, 4) is 11.3 Å². The van der Waals surface area contributed by atoms with Crippen molar-refractivity contribution in [1.82, 2.24) is 4.98 Å². The number of hydrogen-bond acceptors (Lipinski definition) is 5. The largest absolute Gasteiger partial charge is 0.448 e. The minimum Gasteiger partial charge on any atom is -0.448 e. The van der Waals surface area contributed by atoms with E-state index < -0.39 is 12.1 Å². The number of ether oxygens (including phenoxy) is 1. The van der Waals surface area contributed by atoms with Gasteiger partial charge in [0.25, 0.3) is 5.91 Å². The van der Waals surface area contributed by atoms with Gasteiger partial charge in [0.05, 0.1) is 11.3 Å². The maximum atomic E-state index is 12.6. The molecule has 2 aromatic carbocycles. The Balaban J connectivity index is 1.52. The van der Waals surface area contributed by atoms with E-state index in [0.717, 1.165) is 21.7 Å². The highest BCUT2D eigenvalue weighted by molar-refractivity contribution is 7.16. The molecule has 3 aromatic rings. The molecule has 0 saturated carbocycles. The lowest BCUT2D eigenvalue weighted by molar-refractivity contribution is -0.125. The summed E-state index contributed by atoms with van der Waals surface area (Å²) in [5, 5.41) is 3.29. The molecule has 1 N–H and O–H groups in total. The zero-order chi connectivity index (χ0) is 18.1. The average Bonchev–Trinajstić information content (AvgIpc) is 3.02. The van der Waals surface area contributed by atoms with Crippen LogP contribution in [0.2, 0.25) is 0 Å². The highest BCUT2D eigenvalue weighted by Crippen LogP contribution is 2.30. The van der Waals surface area contributed by atoms with Gasteiger partial charge in [-0.05, 0) is 18.6 Å². The molecule has 2 heterocycles. The molecule has 1 aliphatic rings. The number of nitrogens with zero attached hydrogens (tertiary/aromatic N) is 1. The van der Waals surface area contributed by atoms with Gasteiger partial charge in [0.2, 0.25) is 0 Å². The van der Waals surface area contributed by atoms with Crippen molar-refractivity contribution < 1.29 is 14.3 Å². The number of fused-ring (bicyclic) bond motifs is 1. The number of rotatable bonds is 3. The Kier molecular flexibility index (Phi) is 4.26. The van der Waals surface area contributed by atoms with Gasteiger partial charge in [-0.1, -0.05) is 48.5 Å². The number of aryl methyl sites for hydroxylation is 1. The molecule has 0 unspecified atom stereocenters. The number of thiazole rings is 1. The molecule has 0 radical (unpaired) electrons. The number of aromatic nitrogens is 1. The van der Waals surface area contributed by atoms with E-state index in [1.54, 1.807) is 12.1 Å². The van der Waals surface area contributed by atoms with Gasteiger partial charge in [0, 0.05) is 16.9 Å². The van der Waals surface area contributed by atoms with Crippen LogP contribution in [0.1, 0.15) is 20.8 Å². The first-order valence-electron chi connectivity index (χ1n) is 8.24. The molecule has 1 amide bonds. The van der Waals surface area contributed by atoms with Crippen molar-refractivity contribution in [2.45, 2.75) is 19.4 Å². The smallest absolute Gasteiger partial charge is 0.339 e. The van der Waals surface area contributed by atoms with Crippen LogP contribution >= 0.6 is 11.3 Å². The lowest BCUT2D eigenvalue weighted by Gasteiger charge is -2.23. The summed E-state index contributed by atoms with van der Waals surface area (Å²) in [5.41, 5.74) is 3.19. The number of nitrogens with one attached hydrogen (secondary N) is 1. The Labute approximate surface area is 154 Å². The molecule has 6 heteroatoms. The molecule has 26 heavy (non-hydrogen) atoms. The van der Waals surface area contributed by atoms with E-state index in [4.69, 9.17) is 4.74 Å². The zero-order valence-corrected chi connectivity index (χ0v) is 14.9. The minimum atomic E-state index is -0.846. The van der Waals surface area contributed by atoms with E-state index in [1.807, 2.05) is 49.4 Å². The third-order valence-electron chi connectivity index (χ3n) is 4.26. The van der Waals surface area contributed by atoms with Crippen molar-refractivity contribution >= 4 is 28.3 Å². The highest BCUT2D eigenvalue weighted by atomic mass is 32.1. The number of carbonyl (C=O) groups excluding carboxylic acids is 2. The zero-order valence-electron chi connectivity index (χ0n) is 14.1. The van der Waals surface area contributed by atoms with Gasteiger partial charge in [-0.15, -0.1) is 11.3 Å². The average molecular weight is 364 g/mol. The summed E-state index contributed by atoms with van der Waals surface area (Å²) in [6.45, 7) is 1.96. The Morgan fingerprint density at radius 3 is 2.69 bits per heavy atom. The molecule has 5 nitrogen and oxygen atoms in total. The number of amides is 1.